The van der Waals surface area contributed by atoms with Gasteiger partial charge in [-0.2, -0.15) is 0 Å². The third-order valence-electron chi connectivity index (χ3n) is 5.55. The maximum absolute atomic E-state index is 12.5. The van der Waals surface area contributed by atoms with E-state index in [0.717, 1.165) is 42.1 Å². The lowest BCUT2D eigenvalue weighted by Crippen LogP contribution is -2.45. The number of aromatic nitrogens is 2. The molecule has 0 aliphatic carbocycles. The zero-order valence-electron chi connectivity index (χ0n) is 18.0. The number of nitrogens with one attached hydrogen (secondary N) is 1. The second kappa shape index (κ2) is 8.98. The summed E-state index contributed by atoms with van der Waals surface area (Å²) >= 11 is 0. The predicted octanol–water partition coefficient (Wildman–Crippen LogP) is 3.11. The fourth-order valence-electron chi connectivity index (χ4n) is 4.25. The number of nitrogens with zero attached hydrogens (tertiary/aromatic N) is 3. The molecule has 1 aromatic carbocycles. The van der Waals surface area contributed by atoms with Crippen molar-refractivity contribution in [1.29, 1.82) is 0 Å². The molecule has 0 spiro atoms. The van der Waals surface area contributed by atoms with Crippen molar-refractivity contribution >= 4 is 11.6 Å². The van der Waals surface area contributed by atoms with E-state index >= 15 is 0 Å². The highest BCUT2D eigenvalue weighted by Gasteiger charge is 2.22. The van der Waals surface area contributed by atoms with Crippen molar-refractivity contribution < 1.29 is 9.53 Å². The number of fused-ring (bicyclic) bond motifs is 1. The van der Waals surface area contributed by atoms with E-state index < -0.39 is 0 Å². The normalized spacial score (nSPS) is 19.8. The molecule has 1 N–H and O–H groups in total. The monoisotopic (exact) mass is 406 g/mol. The van der Waals surface area contributed by atoms with Crippen molar-refractivity contribution in [1.82, 2.24) is 19.6 Å². The van der Waals surface area contributed by atoms with Crippen LogP contribution in [0.4, 0.5) is 0 Å². The highest BCUT2D eigenvalue weighted by atomic mass is 16.5. The van der Waals surface area contributed by atoms with Crippen molar-refractivity contribution in [3.05, 3.63) is 71.2 Å². The first-order chi connectivity index (χ1) is 14.5. The number of morpholine rings is 1. The number of hydrogen-bond donors (Lipinski definition) is 1. The van der Waals surface area contributed by atoms with E-state index in [4.69, 9.17) is 4.74 Å². The maximum Gasteiger partial charge on any atom is 0.226 e. The van der Waals surface area contributed by atoms with Crippen LogP contribution in [-0.2, 0) is 29.0 Å². The number of carbonyl (C=O) groups excluding carboxylic acids is 1. The van der Waals surface area contributed by atoms with Crippen molar-refractivity contribution in [2.75, 3.05) is 13.1 Å². The molecule has 1 saturated heterocycles. The summed E-state index contributed by atoms with van der Waals surface area (Å²) in [5.74, 6) is -0.0144. The van der Waals surface area contributed by atoms with Crippen LogP contribution < -0.4 is 5.32 Å². The number of benzene rings is 1. The van der Waals surface area contributed by atoms with Gasteiger partial charge < -0.3 is 14.5 Å². The maximum atomic E-state index is 12.5. The topological polar surface area (TPSA) is 58.9 Å². The molecule has 1 aliphatic heterocycles. The Balaban J connectivity index is 1.37. The van der Waals surface area contributed by atoms with Crippen LogP contribution in [0.1, 0.15) is 36.2 Å². The standard InChI is InChI=1S/C24H30N4O2/c1-17-7-6-10-28-16-22(26-24(17)28)11-23(29)25-12-20-8-4-5-9-21(20)15-27-13-18(2)30-19(3)14-27/h4-10,16,18-19H,11-15H2,1-3H3,(H,25,29)/t18-,19-/m0/s1. The number of hydrogen-bond acceptors (Lipinski definition) is 4. The van der Waals surface area contributed by atoms with Gasteiger partial charge in [-0.25, -0.2) is 4.98 Å². The third-order valence-corrected chi connectivity index (χ3v) is 5.55. The summed E-state index contributed by atoms with van der Waals surface area (Å²) in [6.07, 6.45) is 4.66. The van der Waals surface area contributed by atoms with Gasteiger partial charge in [0.25, 0.3) is 0 Å². The second-order valence-corrected chi connectivity index (χ2v) is 8.33. The predicted molar refractivity (Wildman–Crippen MR) is 117 cm³/mol. The molecule has 1 fully saturated rings. The number of ether oxygens (including phenoxy) is 1. The molecule has 0 radical (unpaired) electrons. The average molecular weight is 407 g/mol. The Morgan fingerprint density at radius 2 is 1.87 bits per heavy atom. The van der Waals surface area contributed by atoms with Crippen molar-refractivity contribution in [2.45, 2.75) is 52.5 Å². The highest BCUT2D eigenvalue weighted by Crippen LogP contribution is 2.17. The summed E-state index contributed by atoms with van der Waals surface area (Å²) in [5, 5.41) is 3.07. The summed E-state index contributed by atoms with van der Waals surface area (Å²) in [4.78, 5) is 19.6. The van der Waals surface area contributed by atoms with Crippen LogP contribution in [0.2, 0.25) is 0 Å². The average Bonchev–Trinajstić information content (AvgIpc) is 3.10. The van der Waals surface area contributed by atoms with E-state index in [-0.39, 0.29) is 24.5 Å². The van der Waals surface area contributed by atoms with E-state index in [0.29, 0.717) is 6.54 Å². The molecule has 0 saturated carbocycles. The number of aryl methyl sites for hydroxylation is 1. The minimum Gasteiger partial charge on any atom is -0.373 e. The summed E-state index contributed by atoms with van der Waals surface area (Å²) < 4.78 is 7.81. The van der Waals surface area contributed by atoms with Crippen molar-refractivity contribution in [3.63, 3.8) is 0 Å². The molecule has 158 valence electrons. The first kappa shape index (κ1) is 20.6. The molecule has 30 heavy (non-hydrogen) atoms. The molecule has 1 amide bonds. The molecule has 3 heterocycles. The van der Waals surface area contributed by atoms with Gasteiger partial charge in [-0.1, -0.05) is 30.3 Å². The van der Waals surface area contributed by atoms with Gasteiger partial charge in [-0.15, -0.1) is 0 Å². The smallest absolute Gasteiger partial charge is 0.226 e. The van der Waals surface area contributed by atoms with Gasteiger partial charge in [-0.3, -0.25) is 9.69 Å². The van der Waals surface area contributed by atoms with Crippen LogP contribution in [0.15, 0.2) is 48.8 Å². The number of pyridine rings is 1. The number of amides is 1. The second-order valence-electron chi connectivity index (χ2n) is 8.33. The van der Waals surface area contributed by atoms with Crippen LogP contribution in [0.3, 0.4) is 0 Å². The van der Waals surface area contributed by atoms with E-state index in [9.17, 15) is 4.79 Å². The first-order valence-electron chi connectivity index (χ1n) is 10.6. The lowest BCUT2D eigenvalue weighted by molar-refractivity contribution is -0.120. The van der Waals surface area contributed by atoms with Crippen LogP contribution in [-0.4, -0.2) is 45.5 Å². The van der Waals surface area contributed by atoms with Crippen LogP contribution >= 0.6 is 0 Å². The Morgan fingerprint density at radius 3 is 2.60 bits per heavy atom. The van der Waals surface area contributed by atoms with Gasteiger partial charge in [0.2, 0.25) is 5.91 Å². The van der Waals surface area contributed by atoms with Gasteiger partial charge >= 0.3 is 0 Å². The molecular weight excluding hydrogens is 376 g/mol. The largest absolute Gasteiger partial charge is 0.373 e. The molecule has 4 rings (SSSR count). The Bertz CT molecular complexity index is 1020. The molecule has 0 bridgehead atoms. The fraction of sp³-hybridized carbons (Fsp3) is 0.417. The van der Waals surface area contributed by atoms with Gasteiger partial charge in [0.15, 0.2) is 0 Å². The summed E-state index contributed by atoms with van der Waals surface area (Å²) in [7, 11) is 0. The summed E-state index contributed by atoms with van der Waals surface area (Å²) in [6.45, 7) is 9.52. The van der Waals surface area contributed by atoms with E-state index in [2.05, 4.69) is 47.2 Å². The van der Waals surface area contributed by atoms with Crippen LogP contribution in [0, 0.1) is 6.92 Å². The fourth-order valence-corrected chi connectivity index (χ4v) is 4.25. The molecule has 2 aromatic heterocycles. The first-order valence-corrected chi connectivity index (χ1v) is 10.6. The lowest BCUT2D eigenvalue weighted by atomic mass is 10.1. The van der Waals surface area contributed by atoms with Crippen molar-refractivity contribution in [3.8, 4) is 0 Å². The van der Waals surface area contributed by atoms with Gasteiger partial charge in [0.1, 0.15) is 5.65 Å². The molecule has 0 unspecified atom stereocenters. The Labute approximate surface area is 177 Å². The van der Waals surface area contributed by atoms with Crippen LogP contribution in [0.5, 0.6) is 0 Å². The zero-order valence-corrected chi connectivity index (χ0v) is 18.0. The molecular formula is C24H30N4O2. The molecule has 1 aliphatic rings. The molecule has 6 heteroatoms. The highest BCUT2D eigenvalue weighted by molar-refractivity contribution is 5.78. The molecule has 2 atom stereocenters. The van der Waals surface area contributed by atoms with Gasteiger partial charge in [0, 0.05) is 38.6 Å². The lowest BCUT2D eigenvalue weighted by Gasteiger charge is -2.35. The SMILES string of the molecule is Cc1cccn2cc(CC(=O)NCc3ccccc3CN3C[C@H](C)O[C@@H](C)C3)nc12. The molecule has 3 aromatic rings. The third kappa shape index (κ3) is 4.89. The van der Waals surface area contributed by atoms with Gasteiger partial charge in [0.05, 0.1) is 24.3 Å². The number of carbonyl (C=O) groups is 1. The van der Waals surface area contributed by atoms with Crippen LogP contribution in [0.25, 0.3) is 5.65 Å². The Morgan fingerprint density at radius 1 is 1.13 bits per heavy atom. The van der Waals surface area contributed by atoms with E-state index in [1.54, 1.807) is 0 Å². The summed E-state index contributed by atoms with van der Waals surface area (Å²) in [6, 6.07) is 12.3. The minimum absolute atomic E-state index is 0.0144. The summed E-state index contributed by atoms with van der Waals surface area (Å²) in [5.41, 5.74) is 5.20. The van der Waals surface area contributed by atoms with E-state index in [1.807, 2.05) is 41.9 Å². The quantitative estimate of drug-likeness (QED) is 0.683. The number of imidazole rings is 1. The molecule has 6 nitrogen and oxygen atoms in total. The van der Waals surface area contributed by atoms with Crippen molar-refractivity contribution in [2.24, 2.45) is 0 Å². The zero-order chi connectivity index (χ0) is 21.1. The Hall–Kier alpha value is -2.70. The minimum atomic E-state index is -0.0144. The Kier molecular flexibility index (Phi) is 6.16. The van der Waals surface area contributed by atoms with Gasteiger partial charge in [-0.05, 0) is 43.5 Å². The number of rotatable bonds is 6. The van der Waals surface area contributed by atoms with E-state index in [1.165, 1.54) is 5.56 Å².